The van der Waals surface area contributed by atoms with Crippen LogP contribution in [-0.4, -0.2) is 39.7 Å². The second-order valence-electron chi connectivity index (χ2n) is 6.50. The van der Waals surface area contributed by atoms with Crippen molar-refractivity contribution >= 4 is 11.9 Å². The number of hydrogen-bond donors (Lipinski definition) is 1. The van der Waals surface area contributed by atoms with E-state index in [0.717, 1.165) is 5.56 Å². The van der Waals surface area contributed by atoms with E-state index in [9.17, 15) is 14.0 Å². The summed E-state index contributed by atoms with van der Waals surface area (Å²) in [6, 6.07) is 7.58. The van der Waals surface area contributed by atoms with Gasteiger partial charge in [0.15, 0.2) is 0 Å². The van der Waals surface area contributed by atoms with Gasteiger partial charge in [0.05, 0.1) is 5.92 Å². The molecule has 0 radical (unpaired) electrons. The van der Waals surface area contributed by atoms with Gasteiger partial charge in [-0.3, -0.25) is 14.4 Å². The van der Waals surface area contributed by atoms with Crippen LogP contribution in [0.5, 0.6) is 0 Å². The standard InChI is InChI=1S/C18H21FN4O2/c1-13(11-22-8-2-7-21-22)12-23-17(24)15(10-20-18(23)25)9-14-3-5-16(19)6-4-14/h2-8,13,15H,9-12H2,1H3,(H,20,25). The molecule has 1 saturated heterocycles. The lowest BCUT2D eigenvalue weighted by Gasteiger charge is -2.33. The van der Waals surface area contributed by atoms with E-state index >= 15 is 0 Å². The Morgan fingerprint density at radius 2 is 2.04 bits per heavy atom. The summed E-state index contributed by atoms with van der Waals surface area (Å²) in [5.74, 6) is -0.735. The molecule has 2 unspecified atom stereocenters. The summed E-state index contributed by atoms with van der Waals surface area (Å²) >= 11 is 0. The molecular formula is C18H21FN4O2. The minimum atomic E-state index is -0.354. The summed E-state index contributed by atoms with van der Waals surface area (Å²) in [4.78, 5) is 26.1. The number of hydrogen-bond acceptors (Lipinski definition) is 3. The van der Waals surface area contributed by atoms with E-state index in [1.165, 1.54) is 17.0 Å². The molecule has 1 aromatic heterocycles. The first kappa shape index (κ1) is 17.1. The first-order valence-electron chi connectivity index (χ1n) is 8.34. The van der Waals surface area contributed by atoms with Crippen LogP contribution in [0.25, 0.3) is 0 Å². The topological polar surface area (TPSA) is 67.2 Å². The molecule has 7 heteroatoms. The van der Waals surface area contributed by atoms with Crippen molar-refractivity contribution in [3.05, 3.63) is 54.1 Å². The van der Waals surface area contributed by atoms with E-state index in [1.54, 1.807) is 23.0 Å². The van der Waals surface area contributed by atoms with Crippen molar-refractivity contribution in [2.45, 2.75) is 19.9 Å². The van der Waals surface area contributed by atoms with Crippen LogP contribution >= 0.6 is 0 Å². The third-order valence-electron chi connectivity index (χ3n) is 4.31. The average Bonchev–Trinajstić information content (AvgIpc) is 3.09. The van der Waals surface area contributed by atoms with E-state index in [-0.39, 0.29) is 29.6 Å². The normalized spacial score (nSPS) is 19.0. The summed E-state index contributed by atoms with van der Waals surface area (Å²) in [5, 5.41) is 6.93. The fourth-order valence-corrected chi connectivity index (χ4v) is 3.05. The monoisotopic (exact) mass is 344 g/mol. The van der Waals surface area contributed by atoms with Crippen molar-refractivity contribution < 1.29 is 14.0 Å². The molecule has 2 heterocycles. The molecule has 1 aliphatic rings. The number of imide groups is 1. The van der Waals surface area contributed by atoms with Crippen molar-refractivity contribution in [1.29, 1.82) is 0 Å². The summed E-state index contributed by atoms with van der Waals surface area (Å²) in [6.45, 7) is 3.25. The van der Waals surface area contributed by atoms with Crippen molar-refractivity contribution in [2.75, 3.05) is 13.1 Å². The van der Waals surface area contributed by atoms with Crippen LogP contribution in [0.1, 0.15) is 12.5 Å². The van der Waals surface area contributed by atoms with Gasteiger partial charge in [0.2, 0.25) is 5.91 Å². The lowest BCUT2D eigenvalue weighted by molar-refractivity contribution is -0.134. The van der Waals surface area contributed by atoms with E-state index in [4.69, 9.17) is 0 Å². The maximum Gasteiger partial charge on any atom is 0.324 e. The second-order valence-corrected chi connectivity index (χ2v) is 6.50. The molecule has 2 atom stereocenters. The molecule has 0 spiro atoms. The van der Waals surface area contributed by atoms with Gasteiger partial charge in [-0.05, 0) is 36.1 Å². The molecule has 3 rings (SSSR count). The number of rotatable bonds is 6. The highest BCUT2D eigenvalue weighted by Gasteiger charge is 2.34. The number of benzene rings is 1. The minimum absolute atomic E-state index is 0.0826. The number of nitrogens with zero attached hydrogens (tertiary/aromatic N) is 3. The molecule has 2 aromatic rings. The van der Waals surface area contributed by atoms with Crippen LogP contribution in [0.3, 0.4) is 0 Å². The molecule has 6 nitrogen and oxygen atoms in total. The zero-order valence-corrected chi connectivity index (χ0v) is 14.1. The maximum atomic E-state index is 13.0. The van der Waals surface area contributed by atoms with Gasteiger partial charge in [-0.2, -0.15) is 5.10 Å². The highest BCUT2D eigenvalue weighted by molar-refractivity contribution is 5.98. The first-order chi connectivity index (χ1) is 12.0. The summed E-state index contributed by atoms with van der Waals surface area (Å²) < 4.78 is 14.8. The molecule has 0 aliphatic carbocycles. The number of amides is 3. The Morgan fingerprint density at radius 1 is 1.28 bits per heavy atom. The lowest BCUT2D eigenvalue weighted by Crippen LogP contribution is -2.56. The van der Waals surface area contributed by atoms with Gasteiger partial charge in [0.1, 0.15) is 5.82 Å². The first-order valence-corrected chi connectivity index (χ1v) is 8.34. The SMILES string of the molecule is CC(CN1C(=O)NCC(Cc2ccc(F)cc2)C1=O)Cn1cccn1. The fourth-order valence-electron chi connectivity index (χ4n) is 3.05. The number of nitrogens with one attached hydrogen (secondary N) is 1. The van der Waals surface area contributed by atoms with E-state index in [0.29, 0.717) is 26.1 Å². The molecule has 132 valence electrons. The van der Waals surface area contributed by atoms with Crippen LogP contribution in [0, 0.1) is 17.7 Å². The predicted molar refractivity (Wildman–Crippen MR) is 90.1 cm³/mol. The highest BCUT2D eigenvalue weighted by atomic mass is 19.1. The fraction of sp³-hybridized carbons (Fsp3) is 0.389. The number of carbonyl (C=O) groups is 2. The van der Waals surface area contributed by atoms with Gasteiger partial charge >= 0.3 is 6.03 Å². The molecule has 1 fully saturated rings. The van der Waals surface area contributed by atoms with Crippen LogP contribution in [-0.2, 0) is 17.8 Å². The molecule has 3 amide bonds. The lowest BCUT2D eigenvalue weighted by atomic mass is 9.96. The third kappa shape index (κ3) is 4.23. The average molecular weight is 344 g/mol. The molecule has 1 aliphatic heterocycles. The van der Waals surface area contributed by atoms with Crippen molar-refractivity contribution in [3.63, 3.8) is 0 Å². The Morgan fingerprint density at radius 3 is 2.72 bits per heavy atom. The molecule has 0 saturated carbocycles. The number of urea groups is 1. The van der Waals surface area contributed by atoms with Crippen LogP contribution in [0.4, 0.5) is 9.18 Å². The van der Waals surface area contributed by atoms with Gasteiger partial charge in [-0.1, -0.05) is 19.1 Å². The molecular weight excluding hydrogens is 323 g/mol. The smallest absolute Gasteiger partial charge is 0.324 e. The van der Waals surface area contributed by atoms with Gasteiger partial charge in [-0.15, -0.1) is 0 Å². The van der Waals surface area contributed by atoms with Crippen LogP contribution in [0.15, 0.2) is 42.7 Å². The van der Waals surface area contributed by atoms with Gasteiger partial charge in [-0.25, -0.2) is 9.18 Å². The van der Waals surface area contributed by atoms with E-state index in [1.807, 2.05) is 19.2 Å². The Hall–Kier alpha value is -2.70. The van der Waals surface area contributed by atoms with Gasteiger partial charge in [0.25, 0.3) is 0 Å². The van der Waals surface area contributed by atoms with Crippen molar-refractivity contribution in [3.8, 4) is 0 Å². The zero-order valence-electron chi connectivity index (χ0n) is 14.1. The summed E-state index contributed by atoms with van der Waals surface area (Å²) in [6.07, 6.45) is 4.03. The van der Waals surface area contributed by atoms with E-state index < -0.39 is 0 Å². The summed E-state index contributed by atoms with van der Waals surface area (Å²) in [5.41, 5.74) is 0.875. The van der Waals surface area contributed by atoms with Crippen LogP contribution in [0.2, 0.25) is 0 Å². The number of carbonyl (C=O) groups excluding carboxylic acids is 2. The zero-order chi connectivity index (χ0) is 17.8. The maximum absolute atomic E-state index is 13.0. The van der Waals surface area contributed by atoms with Gasteiger partial charge < -0.3 is 5.32 Å². The second kappa shape index (κ2) is 7.46. The quantitative estimate of drug-likeness (QED) is 0.872. The van der Waals surface area contributed by atoms with Crippen LogP contribution < -0.4 is 5.32 Å². The van der Waals surface area contributed by atoms with Crippen molar-refractivity contribution in [2.24, 2.45) is 11.8 Å². The molecule has 0 bridgehead atoms. The molecule has 1 aromatic carbocycles. The van der Waals surface area contributed by atoms with Crippen molar-refractivity contribution in [1.82, 2.24) is 20.0 Å². The Labute approximate surface area is 145 Å². The Balaban J connectivity index is 1.63. The number of aromatic nitrogens is 2. The summed E-state index contributed by atoms with van der Waals surface area (Å²) in [7, 11) is 0. The predicted octanol–water partition coefficient (Wildman–Crippen LogP) is 2.07. The Bertz CT molecular complexity index is 730. The largest absolute Gasteiger partial charge is 0.337 e. The van der Waals surface area contributed by atoms with E-state index in [2.05, 4.69) is 10.4 Å². The molecule has 1 N–H and O–H groups in total. The number of halogens is 1. The Kier molecular flexibility index (Phi) is 5.11. The third-order valence-corrected chi connectivity index (χ3v) is 4.31. The minimum Gasteiger partial charge on any atom is -0.337 e. The van der Waals surface area contributed by atoms with Gasteiger partial charge in [0, 0.05) is 32.0 Å². The highest BCUT2D eigenvalue weighted by Crippen LogP contribution is 2.17. The molecule has 25 heavy (non-hydrogen) atoms.